The van der Waals surface area contributed by atoms with E-state index < -0.39 is 0 Å². The summed E-state index contributed by atoms with van der Waals surface area (Å²) in [5.41, 5.74) is 7.72. The molecular weight excluding hydrogens is 236 g/mol. The van der Waals surface area contributed by atoms with Gasteiger partial charge in [0.1, 0.15) is 0 Å². The van der Waals surface area contributed by atoms with Crippen LogP contribution in [-0.4, -0.2) is 11.8 Å². The van der Waals surface area contributed by atoms with Gasteiger partial charge in [0.05, 0.1) is 15.6 Å². The monoisotopic (exact) mass is 248 g/mol. The van der Waals surface area contributed by atoms with Gasteiger partial charge in [-0.25, -0.2) is 4.98 Å². The molecule has 2 aromatic rings. The van der Waals surface area contributed by atoms with Crippen LogP contribution < -0.4 is 15.2 Å². The van der Waals surface area contributed by atoms with Crippen LogP contribution in [0.15, 0.2) is 18.2 Å². The average molecular weight is 248 g/mol. The Morgan fingerprint density at radius 3 is 3.00 bits per heavy atom. The standard InChI is InChI=1S/C12H12N2O2S/c1-7-14-9(5-13)12(17-7)8-2-3-10-11(4-8)16-6-15-10/h2-4H,5-6,13H2,1H3. The second-order valence-electron chi connectivity index (χ2n) is 3.78. The maximum absolute atomic E-state index is 5.70. The average Bonchev–Trinajstić information content (AvgIpc) is 2.93. The lowest BCUT2D eigenvalue weighted by atomic mass is 10.1. The lowest BCUT2D eigenvalue weighted by Crippen LogP contribution is -1.98. The highest BCUT2D eigenvalue weighted by Crippen LogP contribution is 2.38. The molecule has 0 saturated carbocycles. The van der Waals surface area contributed by atoms with Gasteiger partial charge in [0.25, 0.3) is 0 Å². The van der Waals surface area contributed by atoms with Crippen LogP contribution >= 0.6 is 11.3 Å². The number of benzene rings is 1. The first-order valence-electron chi connectivity index (χ1n) is 5.34. The fraction of sp³-hybridized carbons (Fsp3) is 0.250. The largest absolute Gasteiger partial charge is 0.454 e. The maximum atomic E-state index is 5.70. The molecule has 17 heavy (non-hydrogen) atoms. The minimum atomic E-state index is 0.296. The minimum Gasteiger partial charge on any atom is -0.454 e. The molecule has 5 heteroatoms. The zero-order valence-corrected chi connectivity index (χ0v) is 10.2. The van der Waals surface area contributed by atoms with Crippen molar-refractivity contribution in [3.8, 4) is 21.9 Å². The molecule has 0 saturated heterocycles. The number of rotatable bonds is 2. The van der Waals surface area contributed by atoms with Crippen molar-refractivity contribution in [1.82, 2.24) is 4.98 Å². The minimum absolute atomic E-state index is 0.296. The molecule has 0 atom stereocenters. The lowest BCUT2D eigenvalue weighted by Gasteiger charge is -2.02. The molecule has 1 aromatic carbocycles. The summed E-state index contributed by atoms with van der Waals surface area (Å²) in [6.45, 7) is 2.73. The molecule has 0 aliphatic carbocycles. The second kappa shape index (κ2) is 4.01. The first kappa shape index (κ1) is 10.6. The number of thiazole rings is 1. The van der Waals surface area contributed by atoms with Gasteiger partial charge < -0.3 is 15.2 Å². The Hall–Kier alpha value is -1.59. The summed E-state index contributed by atoms with van der Waals surface area (Å²) < 4.78 is 10.7. The molecule has 0 radical (unpaired) electrons. The Morgan fingerprint density at radius 1 is 1.35 bits per heavy atom. The van der Waals surface area contributed by atoms with Crippen molar-refractivity contribution < 1.29 is 9.47 Å². The molecule has 1 aliphatic rings. The molecule has 0 fully saturated rings. The summed E-state index contributed by atoms with van der Waals surface area (Å²) in [6, 6.07) is 5.92. The van der Waals surface area contributed by atoms with E-state index in [1.54, 1.807) is 11.3 Å². The smallest absolute Gasteiger partial charge is 0.231 e. The Morgan fingerprint density at radius 2 is 2.18 bits per heavy atom. The molecular formula is C12H12N2O2S. The fourth-order valence-corrected chi connectivity index (χ4v) is 2.81. The van der Waals surface area contributed by atoms with Crippen molar-refractivity contribution in [2.45, 2.75) is 13.5 Å². The number of ether oxygens (including phenoxy) is 2. The van der Waals surface area contributed by atoms with Gasteiger partial charge in [-0.15, -0.1) is 11.3 Å². The van der Waals surface area contributed by atoms with Crippen molar-refractivity contribution >= 4 is 11.3 Å². The molecule has 0 bridgehead atoms. The third kappa shape index (κ3) is 1.77. The third-order valence-electron chi connectivity index (χ3n) is 2.63. The van der Waals surface area contributed by atoms with Gasteiger partial charge in [-0.05, 0) is 30.7 Å². The van der Waals surface area contributed by atoms with Crippen LogP contribution in [0.2, 0.25) is 0 Å². The van der Waals surface area contributed by atoms with Gasteiger partial charge >= 0.3 is 0 Å². The molecule has 3 rings (SSSR count). The molecule has 0 amide bonds. The maximum Gasteiger partial charge on any atom is 0.231 e. The highest BCUT2D eigenvalue weighted by molar-refractivity contribution is 7.15. The van der Waals surface area contributed by atoms with E-state index >= 15 is 0 Å². The summed E-state index contributed by atoms with van der Waals surface area (Å²) in [5.74, 6) is 1.58. The molecule has 2 N–H and O–H groups in total. The van der Waals surface area contributed by atoms with Gasteiger partial charge in [0, 0.05) is 6.54 Å². The van der Waals surface area contributed by atoms with E-state index in [9.17, 15) is 0 Å². The first-order valence-corrected chi connectivity index (χ1v) is 6.16. The molecule has 2 heterocycles. The number of aromatic nitrogens is 1. The van der Waals surface area contributed by atoms with Gasteiger partial charge in [-0.2, -0.15) is 0 Å². The molecule has 88 valence electrons. The number of nitrogens with zero attached hydrogens (tertiary/aromatic N) is 1. The quantitative estimate of drug-likeness (QED) is 0.886. The van der Waals surface area contributed by atoms with Crippen LogP contribution in [0.4, 0.5) is 0 Å². The van der Waals surface area contributed by atoms with E-state index in [4.69, 9.17) is 15.2 Å². The predicted octanol–water partition coefficient (Wildman–Crippen LogP) is 2.31. The van der Waals surface area contributed by atoms with Crippen LogP contribution in [0.3, 0.4) is 0 Å². The van der Waals surface area contributed by atoms with E-state index in [1.165, 1.54) is 0 Å². The summed E-state index contributed by atoms with van der Waals surface area (Å²) >= 11 is 1.65. The zero-order chi connectivity index (χ0) is 11.8. The Bertz CT molecular complexity index is 566. The lowest BCUT2D eigenvalue weighted by molar-refractivity contribution is 0.174. The number of fused-ring (bicyclic) bond motifs is 1. The van der Waals surface area contributed by atoms with Crippen molar-refractivity contribution in [1.29, 1.82) is 0 Å². The van der Waals surface area contributed by atoms with Crippen LogP contribution in [0, 0.1) is 6.92 Å². The highest BCUT2D eigenvalue weighted by Gasteiger charge is 2.16. The zero-order valence-electron chi connectivity index (χ0n) is 9.40. The molecule has 1 aromatic heterocycles. The number of hydrogen-bond donors (Lipinski definition) is 1. The van der Waals surface area contributed by atoms with E-state index in [1.807, 2.05) is 25.1 Å². The SMILES string of the molecule is Cc1nc(CN)c(-c2ccc3c(c2)OCO3)s1. The molecule has 4 nitrogen and oxygen atoms in total. The Balaban J connectivity index is 2.08. The Labute approximate surface area is 103 Å². The first-order chi connectivity index (χ1) is 8.28. The van der Waals surface area contributed by atoms with E-state index in [0.29, 0.717) is 13.3 Å². The van der Waals surface area contributed by atoms with E-state index in [-0.39, 0.29) is 0 Å². The van der Waals surface area contributed by atoms with Crippen molar-refractivity contribution in [3.63, 3.8) is 0 Å². The van der Waals surface area contributed by atoms with Crippen molar-refractivity contribution in [2.75, 3.05) is 6.79 Å². The van der Waals surface area contributed by atoms with Gasteiger partial charge in [0.2, 0.25) is 6.79 Å². The van der Waals surface area contributed by atoms with Crippen molar-refractivity contribution in [2.24, 2.45) is 5.73 Å². The van der Waals surface area contributed by atoms with Crippen molar-refractivity contribution in [3.05, 3.63) is 28.9 Å². The van der Waals surface area contributed by atoms with E-state index in [2.05, 4.69) is 4.98 Å². The topological polar surface area (TPSA) is 57.4 Å². The molecule has 1 aliphatic heterocycles. The second-order valence-corrected chi connectivity index (χ2v) is 4.98. The summed E-state index contributed by atoms with van der Waals surface area (Å²) in [5, 5.41) is 1.03. The van der Waals surface area contributed by atoms with Gasteiger partial charge in [-0.1, -0.05) is 0 Å². The molecule has 0 unspecified atom stereocenters. The summed E-state index contributed by atoms with van der Waals surface area (Å²) in [6.07, 6.45) is 0. The van der Waals surface area contributed by atoms with Crippen LogP contribution in [-0.2, 0) is 6.54 Å². The van der Waals surface area contributed by atoms with Crippen LogP contribution in [0.1, 0.15) is 10.7 Å². The van der Waals surface area contributed by atoms with E-state index in [0.717, 1.165) is 32.6 Å². The fourth-order valence-electron chi connectivity index (χ4n) is 1.87. The van der Waals surface area contributed by atoms with Crippen LogP contribution in [0.25, 0.3) is 10.4 Å². The normalized spacial score (nSPS) is 13.1. The number of aryl methyl sites for hydroxylation is 1. The molecule has 0 spiro atoms. The van der Waals surface area contributed by atoms with Gasteiger partial charge in [0.15, 0.2) is 11.5 Å². The number of nitrogens with two attached hydrogens (primary N) is 1. The summed E-state index contributed by atoms with van der Waals surface area (Å²) in [4.78, 5) is 5.53. The van der Waals surface area contributed by atoms with Crippen LogP contribution in [0.5, 0.6) is 11.5 Å². The number of hydrogen-bond acceptors (Lipinski definition) is 5. The highest BCUT2D eigenvalue weighted by atomic mass is 32.1. The Kier molecular flexibility index (Phi) is 2.49. The predicted molar refractivity (Wildman–Crippen MR) is 66.3 cm³/mol. The summed E-state index contributed by atoms with van der Waals surface area (Å²) in [7, 11) is 0. The third-order valence-corrected chi connectivity index (χ3v) is 3.69. The van der Waals surface area contributed by atoms with Gasteiger partial charge in [-0.3, -0.25) is 0 Å².